The van der Waals surface area contributed by atoms with Crippen LogP contribution in [0, 0.1) is 11.8 Å². The first kappa shape index (κ1) is 12.0. The monoisotopic (exact) mass is 213 g/mol. The summed E-state index contributed by atoms with van der Waals surface area (Å²) >= 11 is 0. The molecule has 0 aliphatic heterocycles. The van der Waals surface area contributed by atoms with Crippen molar-refractivity contribution in [3.63, 3.8) is 0 Å². The van der Waals surface area contributed by atoms with E-state index in [4.69, 9.17) is 5.11 Å². The number of aliphatic carboxylic acids is 1. The molecule has 0 heterocycles. The van der Waals surface area contributed by atoms with Crippen molar-refractivity contribution in [3.05, 3.63) is 0 Å². The van der Waals surface area contributed by atoms with Crippen LogP contribution in [0.25, 0.3) is 0 Å². The predicted molar refractivity (Wildman–Crippen MR) is 56.4 cm³/mol. The first-order valence-electron chi connectivity index (χ1n) is 5.59. The predicted octanol–water partition coefficient (Wildman–Crippen LogP) is 1.40. The van der Waals surface area contributed by atoms with Gasteiger partial charge in [0.25, 0.3) is 0 Å². The second-order valence-electron chi connectivity index (χ2n) is 4.34. The van der Waals surface area contributed by atoms with Gasteiger partial charge in [-0.25, -0.2) is 4.79 Å². The zero-order chi connectivity index (χ0) is 11.4. The highest BCUT2D eigenvalue weighted by Gasteiger charge is 2.31. The molecule has 2 N–H and O–H groups in total. The maximum Gasteiger partial charge on any atom is 0.326 e. The van der Waals surface area contributed by atoms with Crippen LogP contribution in [-0.4, -0.2) is 23.0 Å². The summed E-state index contributed by atoms with van der Waals surface area (Å²) in [7, 11) is 0. The molecule has 1 aliphatic carbocycles. The maximum absolute atomic E-state index is 11.6. The standard InChI is InChI=1S/C11H19NO3/c1-3-7(2)9(11(14)15)12-10(13)8-5-4-6-8/h7-9H,3-6H2,1-2H3,(H,12,13)(H,14,15)/t7?,9-/m0/s1. The third kappa shape index (κ3) is 2.94. The molecule has 86 valence electrons. The number of rotatable bonds is 5. The van der Waals surface area contributed by atoms with Crippen LogP contribution in [0.2, 0.25) is 0 Å². The van der Waals surface area contributed by atoms with Crippen LogP contribution in [-0.2, 0) is 9.59 Å². The van der Waals surface area contributed by atoms with Gasteiger partial charge in [0.2, 0.25) is 5.91 Å². The third-order valence-electron chi connectivity index (χ3n) is 3.25. The van der Waals surface area contributed by atoms with Gasteiger partial charge in [-0.2, -0.15) is 0 Å². The first-order valence-corrected chi connectivity index (χ1v) is 5.59. The molecule has 1 unspecified atom stereocenters. The zero-order valence-corrected chi connectivity index (χ0v) is 9.32. The molecule has 0 saturated heterocycles. The van der Waals surface area contributed by atoms with Crippen molar-refractivity contribution < 1.29 is 14.7 Å². The second-order valence-corrected chi connectivity index (χ2v) is 4.34. The van der Waals surface area contributed by atoms with Gasteiger partial charge in [-0.05, 0) is 18.8 Å². The zero-order valence-electron chi connectivity index (χ0n) is 9.32. The van der Waals surface area contributed by atoms with E-state index in [1.54, 1.807) is 0 Å². The van der Waals surface area contributed by atoms with Gasteiger partial charge < -0.3 is 10.4 Å². The minimum Gasteiger partial charge on any atom is -0.480 e. The molecule has 1 rings (SSSR count). The van der Waals surface area contributed by atoms with E-state index in [1.165, 1.54) is 0 Å². The van der Waals surface area contributed by atoms with Crippen LogP contribution in [0.1, 0.15) is 39.5 Å². The summed E-state index contributed by atoms with van der Waals surface area (Å²) in [5, 5.41) is 11.6. The molecule has 1 saturated carbocycles. The molecule has 4 heteroatoms. The Kier molecular flexibility index (Phi) is 4.12. The van der Waals surface area contributed by atoms with E-state index in [9.17, 15) is 9.59 Å². The Morgan fingerprint density at radius 3 is 2.40 bits per heavy atom. The minimum atomic E-state index is -0.933. The van der Waals surface area contributed by atoms with Crippen LogP contribution >= 0.6 is 0 Å². The van der Waals surface area contributed by atoms with Crippen molar-refractivity contribution in [3.8, 4) is 0 Å². The normalized spacial score (nSPS) is 20.1. The average molecular weight is 213 g/mol. The van der Waals surface area contributed by atoms with E-state index in [2.05, 4.69) is 5.32 Å². The number of carbonyl (C=O) groups excluding carboxylic acids is 1. The highest BCUT2D eigenvalue weighted by molar-refractivity contribution is 5.85. The van der Waals surface area contributed by atoms with Crippen molar-refractivity contribution in [1.29, 1.82) is 0 Å². The third-order valence-corrected chi connectivity index (χ3v) is 3.25. The lowest BCUT2D eigenvalue weighted by atomic mass is 9.84. The number of hydrogen-bond acceptors (Lipinski definition) is 2. The molecule has 0 aromatic heterocycles. The topological polar surface area (TPSA) is 66.4 Å². The summed E-state index contributed by atoms with van der Waals surface area (Å²) in [4.78, 5) is 22.5. The van der Waals surface area contributed by atoms with Crippen LogP contribution in [0.5, 0.6) is 0 Å². The van der Waals surface area contributed by atoms with Crippen molar-refractivity contribution in [1.82, 2.24) is 5.32 Å². The Hall–Kier alpha value is -1.06. The summed E-state index contributed by atoms with van der Waals surface area (Å²) < 4.78 is 0. The molecular formula is C11H19NO3. The van der Waals surface area contributed by atoms with Crippen LogP contribution < -0.4 is 5.32 Å². The Bertz CT molecular complexity index is 248. The molecule has 1 amide bonds. The van der Waals surface area contributed by atoms with Crippen molar-refractivity contribution in [2.75, 3.05) is 0 Å². The fourth-order valence-corrected chi connectivity index (χ4v) is 1.62. The fraction of sp³-hybridized carbons (Fsp3) is 0.818. The first-order chi connectivity index (χ1) is 7.06. The number of carboxylic acids is 1. The Balaban J connectivity index is 2.49. The van der Waals surface area contributed by atoms with E-state index in [0.29, 0.717) is 0 Å². The summed E-state index contributed by atoms with van der Waals surface area (Å²) in [5.41, 5.74) is 0. The lowest BCUT2D eigenvalue weighted by Gasteiger charge is -2.27. The van der Waals surface area contributed by atoms with Crippen LogP contribution in [0.4, 0.5) is 0 Å². The highest BCUT2D eigenvalue weighted by Crippen LogP contribution is 2.26. The van der Waals surface area contributed by atoms with Gasteiger partial charge in [0.1, 0.15) is 6.04 Å². The molecule has 1 aliphatic rings. The largest absolute Gasteiger partial charge is 0.480 e. The van der Waals surface area contributed by atoms with Gasteiger partial charge in [-0.3, -0.25) is 4.79 Å². The molecule has 1 fully saturated rings. The number of hydrogen-bond donors (Lipinski definition) is 2. The molecule has 2 atom stereocenters. The quantitative estimate of drug-likeness (QED) is 0.725. The van der Waals surface area contributed by atoms with Crippen LogP contribution in [0.15, 0.2) is 0 Å². The lowest BCUT2D eigenvalue weighted by Crippen LogP contribution is -2.48. The Labute approximate surface area is 90.0 Å². The summed E-state index contributed by atoms with van der Waals surface area (Å²) in [6.07, 6.45) is 3.64. The van der Waals surface area contributed by atoms with Gasteiger partial charge >= 0.3 is 5.97 Å². The molecular weight excluding hydrogens is 194 g/mol. The van der Waals surface area contributed by atoms with Crippen molar-refractivity contribution in [2.45, 2.75) is 45.6 Å². The van der Waals surface area contributed by atoms with Gasteiger partial charge in [0.15, 0.2) is 0 Å². The van der Waals surface area contributed by atoms with Crippen molar-refractivity contribution >= 4 is 11.9 Å². The molecule has 0 radical (unpaired) electrons. The Morgan fingerprint density at radius 1 is 1.47 bits per heavy atom. The number of carbonyl (C=O) groups is 2. The summed E-state index contributed by atoms with van der Waals surface area (Å²) in [6, 6.07) is -0.733. The molecule has 0 aromatic rings. The Morgan fingerprint density at radius 2 is 2.07 bits per heavy atom. The SMILES string of the molecule is CCC(C)[C@H](NC(=O)C1CCC1)C(=O)O. The fourth-order valence-electron chi connectivity index (χ4n) is 1.62. The van der Waals surface area contributed by atoms with Gasteiger partial charge in [-0.1, -0.05) is 26.7 Å². The average Bonchev–Trinajstić information content (AvgIpc) is 2.09. The smallest absolute Gasteiger partial charge is 0.326 e. The number of carboxylic acid groups (broad SMARTS) is 1. The van der Waals surface area contributed by atoms with Gasteiger partial charge in [-0.15, -0.1) is 0 Å². The van der Waals surface area contributed by atoms with E-state index < -0.39 is 12.0 Å². The van der Waals surface area contributed by atoms with Crippen molar-refractivity contribution in [2.24, 2.45) is 11.8 Å². The van der Waals surface area contributed by atoms with E-state index in [0.717, 1.165) is 25.7 Å². The minimum absolute atomic E-state index is 0.0217. The lowest BCUT2D eigenvalue weighted by molar-refractivity contribution is -0.144. The summed E-state index contributed by atoms with van der Waals surface area (Å²) in [5.74, 6) is -0.992. The van der Waals surface area contributed by atoms with E-state index in [-0.39, 0.29) is 17.7 Å². The number of amides is 1. The molecule has 0 aromatic carbocycles. The summed E-state index contributed by atoms with van der Waals surface area (Å²) in [6.45, 7) is 3.77. The van der Waals surface area contributed by atoms with E-state index >= 15 is 0 Å². The molecule has 0 bridgehead atoms. The van der Waals surface area contributed by atoms with E-state index in [1.807, 2.05) is 13.8 Å². The molecule has 15 heavy (non-hydrogen) atoms. The maximum atomic E-state index is 11.6. The van der Waals surface area contributed by atoms with Gasteiger partial charge in [0.05, 0.1) is 0 Å². The molecule has 0 spiro atoms. The van der Waals surface area contributed by atoms with Gasteiger partial charge in [0, 0.05) is 5.92 Å². The second kappa shape index (κ2) is 5.14. The number of nitrogens with one attached hydrogen (secondary N) is 1. The van der Waals surface area contributed by atoms with Crippen LogP contribution in [0.3, 0.4) is 0 Å². The molecule has 4 nitrogen and oxygen atoms in total. The highest BCUT2D eigenvalue weighted by atomic mass is 16.4.